The van der Waals surface area contributed by atoms with Crippen molar-refractivity contribution in [3.63, 3.8) is 0 Å². The Labute approximate surface area is 232 Å². The lowest BCUT2D eigenvalue weighted by atomic mass is 10.0. The Balaban J connectivity index is 1.75. The molecular weight excluding hydrogens is 483 g/mol. The number of allylic oxidation sites excluding steroid dienone is 9. The summed E-state index contributed by atoms with van der Waals surface area (Å²) >= 11 is 0. The third-order valence-corrected chi connectivity index (χ3v) is 6.09. The quantitative estimate of drug-likeness (QED) is 0.241. The SMILES string of the molecule is C\C=C/C(=C\C(C)=C\CC)c1ncc(CNc2nccc(-c3ccc(C)c(/C=C\C=C\CCC)c3)n2)cc1F. The van der Waals surface area contributed by atoms with Crippen LogP contribution in [0.4, 0.5) is 10.3 Å². The zero-order chi connectivity index (χ0) is 28.0. The van der Waals surface area contributed by atoms with Crippen LogP contribution < -0.4 is 5.32 Å². The van der Waals surface area contributed by atoms with Gasteiger partial charge in [0.1, 0.15) is 11.5 Å². The van der Waals surface area contributed by atoms with Gasteiger partial charge in [-0.05, 0) is 68.5 Å². The van der Waals surface area contributed by atoms with E-state index in [1.165, 1.54) is 11.6 Å². The molecule has 0 saturated heterocycles. The van der Waals surface area contributed by atoms with Gasteiger partial charge in [0.25, 0.3) is 0 Å². The number of hydrogen-bond donors (Lipinski definition) is 1. The lowest BCUT2D eigenvalue weighted by Crippen LogP contribution is -2.06. The highest BCUT2D eigenvalue weighted by atomic mass is 19.1. The first-order valence-corrected chi connectivity index (χ1v) is 13.6. The van der Waals surface area contributed by atoms with Crippen LogP contribution in [-0.2, 0) is 6.54 Å². The van der Waals surface area contributed by atoms with Crippen molar-refractivity contribution in [2.45, 2.75) is 60.4 Å². The number of halogens is 1. The fourth-order valence-corrected chi connectivity index (χ4v) is 4.05. The monoisotopic (exact) mass is 522 g/mol. The van der Waals surface area contributed by atoms with Gasteiger partial charge in [0.15, 0.2) is 0 Å². The number of anilines is 1. The Morgan fingerprint density at radius 2 is 1.92 bits per heavy atom. The summed E-state index contributed by atoms with van der Waals surface area (Å²) in [6, 6.07) is 9.72. The fraction of sp³-hybridized carbons (Fsp3) is 0.265. The van der Waals surface area contributed by atoms with E-state index in [2.05, 4.69) is 84.6 Å². The van der Waals surface area contributed by atoms with E-state index in [4.69, 9.17) is 4.98 Å². The van der Waals surface area contributed by atoms with Gasteiger partial charge in [0.05, 0.1) is 5.69 Å². The van der Waals surface area contributed by atoms with Crippen molar-refractivity contribution in [3.8, 4) is 11.3 Å². The summed E-state index contributed by atoms with van der Waals surface area (Å²) in [7, 11) is 0. The molecule has 202 valence electrons. The number of aromatic nitrogens is 3. The molecule has 5 heteroatoms. The number of benzene rings is 1. The number of hydrogen-bond acceptors (Lipinski definition) is 4. The number of rotatable bonds is 12. The van der Waals surface area contributed by atoms with E-state index in [-0.39, 0.29) is 5.82 Å². The van der Waals surface area contributed by atoms with Gasteiger partial charge >= 0.3 is 0 Å². The maximum Gasteiger partial charge on any atom is 0.223 e. The Morgan fingerprint density at radius 3 is 2.67 bits per heavy atom. The molecule has 1 N–H and O–H groups in total. The van der Waals surface area contributed by atoms with Gasteiger partial charge in [0, 0.05) is 30.1 Å². The molecule has 0 amide bonds. The summed E-state index contributed by atoms with van der Waals surface area (Å²) in [5, 5.41) is 3.21. The van der Waals surface area contributed by atoms with Gasteiger partial charge in [-0.3, -0.25) is 4.98 Å². The number of aryl methyl sites for hydroxylation is 1. The molecule has 0 radical (unpaired) electrons. The van der Waals surface area contributed by atoms with E-state index in [1.807, 2.05) is 38.1 Å². The normalized spacial score (nSPS) is 12.8. The third kappa shape index (κ3) is 8.99. The first-order valence-electron chi connectivity index (χ1n) is 13.6. The van der Waals surface area contributed by atoms with E-state index in [1.54, 1.807) is 12.4 Å². The molecule has 0 unspecified atom stereocenters. The van der Waals surface area contributed by atoms with Crippen molar-refractivity contribution in [2.75, 3.05) is 5.32 Å². The molecule has 0 bridgehead atoms. The highest BCUT2D eigenvalue weighted by Gasteiger charge is 2.10. The molecule has 3 aromatic rings. The maximum absolute atomic E-state index is 15.1. The summed E-state index contributed by atoms with van der Waals surface area (Å²) in [4.78, 5) is 13.5. The van der Waals surface area contributed by atoms with E-state index in [9.17, 15) is 0 Å². The summed E-state index contributed by atoms with van der Waals surface area (Å²) in [6.45, 7) is 10.6. The first-order chi connectivity index (χ1) is 18.9. The molecule has 0 spiro atoms. The zero-order valence-electron chi connectivity index (χ0n) is 23.7. The van der Waals surface area contributed by atoms with Crippen molar-refractivity contribution in [1.82, 2.24) is 15.0 Å². The second-order valence-corrected chi connectivity index (χ2v) is 9.40. The highest BCUT2D eigenvalue weighted by molar-refractivity contribution is 5.74. The Kier molecular flexibility index (Phi) is 11.6. The molecule has 0 saturated carbocycles. The summed E-state index contributed by atoms with van der Waals surface area (Å²) in [5.41, 5.74) is 7.06. The third-order valence-electron chi connectivity index (χ3n) is 6.09. The molecule has 2 heterocycles. The Bertz CT molecular complexity index is 1400. The van der Waals surface area contributed by atoms with Gasteiger partial charge < -0.3 is 5.32 Å². The molecule has 1 aromatic carbocycles. The van der Waals surface area contributed by atoms with Crippen molar-refractivity contribution in [1.29, 1.82) is 0 Å². The van der Waals surface area contributed by atoms with Crippen molar-refractivity contribution >= 4 is 17.6 Å². The predicted molar refractivity (Wildman–Crippen MR) is 164 cm³/mol. The van der Waals surface area contributed by atoms with E-state index in [0.29, 0.717) is 23.8 Å². The van der Waals surface area contributed by atoms with Crippen LogP contribution in [-0.4, -0.2) is 15.0 Å². The first kappa shape index (κ1) is 29.4. The standard InChI is InChI=1S/C34H39FN4/c1-6-9-10-11-12-15-28-22-29(17-16-26(28)5)32-18-19-36-34(39-32)38-24-27-21-31(35)33(37-23-27)30(14-8-3)20-25(4)13-7-2/h8,10-23H,6-7,9,24H2,1-5H3,(H,36,38,39)/b11-10+,14-8-,15-12-,25-13+,30-20+. The molecule has 0 fully saturated rings. The van der Waals surface area contributed by atoms with Gasteiger partial charge in [-0.2, -0.15) is 0 Å². The van der Waals surface area contributed by atoms with Crippen LogP contribution in [0.3, 0.4) is 0 Å². The van der Waals surface area contributed by atoms with Gasteiger partial charge in [-0.15, -0.1) is 0 Å². The Morgan fingerprint density at radius 1 is 1.08 bits per heavy atom. The minimum Gasteiger partial charge on any atom is -0.350 e. The highest BCUT2D eigenvalue weighted by Crippen LogP contribution is 2.23. The molecule has 4 nitrogen and oxygen atoms in total. The minimum absolute atomic E-state index is 0.337. The number of nitrogens with one attached hydrogen (secondary N) is 1. The molecule has 2 aromatic heterocycles. The predicted octanol–water partition coefficient (Wildman–Crippen LogP) is 9.28. The summed E-state index contributed by atoms with van der Waals surface area (Å²) in [5.74, 6) is 0.120. The second-order valence-electron chi connectivity index (χ2n) is 9.40. The molecule has 0 aliphatic heterocycles. The number of unbranched alkanes of at least 4 members (excludes halogenated alkanes) is 1. The molecule has 0 aliphatic rings. The maximum atomic E-state index is 15.1. The van der Waals surface area contributed by atoms with Crippen LogP contribution in [0.1, 0.15) is 69.3 Å². The van der Waals surface area contributed by atoms with E-state index >= 15 is 4.39 Å². The second kappa shape index (κ2) is 15.3. The van der Waals surface area contributed by atoms with Crippen molar-refractivity contribution < 1.29 is 4.39 Å². The van der Waals surface area contributed by atoms with Crippen LogP contribution in [0.5, 0.6) is 0 Å². The van der Waals surface area contributed by atoms with Crippen LogP contribution in [0.15, 0.2) is 90.8 Å². The lowest BCUT2D eigenvalue weighted by Gasteiger charge is -2.10. The zero-order valence-corrected chi connectivity index (χ0v) is 23.7. The smallest absolute Gasteiger partial charge is 0.223 e. The average Bonchev–Trinajstić information content (AvgIpc) is 2.93. The van der Waals surface area contributed by atoms with Crippen molar-refractivity contribution in [3.05, 3.63) is 119 Å². The van der Waals surface area contributed by atoms with Crippen molar-refractivity contribution in [2.24, 2.45) is 0 Å². The van der Waals surface area contributed by atoms with Crippen LogP contribution in [0, 0.1) is 12.7 Å². The lowest BCUT2D eigenvalue weighted by molar-refractivity contribution is 0.614. The number of pyridine rings is 1. The van der Waals surface area contributed by atoms with E-state index < -0.39 is 0 Å². The van der Waals surface area contributed by atoms with Gasteiger partial charge in [-0.25, -0.2) is 14.4 Å². The molecular formula is C34H39FN4. The Hall–Kier alpha value is -4.12. The average molecular weight is 523 g/mol. The topological polar surface area (TPSA) is 50.7 Å². The molecule has 39 heavy (non-hydrogen) atoms. The van der Waals surface area contributed by atoms with Crippen LogP contribution >= 0.6 is 0 Å². The number of nitrogens with zero attached hydrogens (tertiary/aromatic N) is 3. The van der Waals surface area contributed by atoms with E-state index in [0.717, 1.165) is 47.2 Å². The molecule has 0 atom stereocenters. The minimum atomic E-state index is -0.359. The van der Waals surface area contributed by atoms with Crippen LogP contribution in [0.2, 0.25) is 0 Å². The summed E-state index contributed by atoms with van der Waals surface area (Å²) in [6.07, 6.45) is 22.9. The fourth-order valence-electron chi connectivity index (χ4n) is 4.05. The van der Waals surface area contributed by atoms with Gasteiger partial charge in [0.2, 0.25) is 5.95 Å². The van der Waals surface area contributed by atoms with Crippen LogP contribution in [0.25, 0.3) is 22.9 Å². The molecule has 0 aliphatic carbocycles. The van der Waals surface area contributed by atoms with Gasteiger partial charge in [-0.1, -0.05) is 86.6 Å². The molecule has 3 rings (SSSR count). The largest absolute Gasteiger partial charge is 0.350 e. The summed E-state index contributed by atoms with van der Waals surface area (Å²) < 4.78 is 15.1.